The van der Waals surface area contributed by atoms with E-state index in [9.17, 15) is 9.59 Å². The van der Waals surface area contributed by atoms with Gasteiger partial charge in [0.05, 0.1) is 6.54 Å². The van der Waals surface area contributed by atoms with Gasteiger partial charge in [-0.1, -0.05) is 19.1 Å². The first-order valence-electron chi connectivity index (χ1n) is 9.05. The number of rotatable bonds is 9. The van der Waals surface area contributed by atoms with Crippen LogP contribution >= 0.6 is 0 Å². The SMILES string of the molecule is CCC(CN(CC(C)=O)c1ccc(CN2CCCC2)cc1)C(C)=O. The van der Waals surface area contributed by atoms with Crippen molar-refractivity contribution in [2.75, 3.05) is 31.1 Å². The third-order valence-corrected chi connectivity index (χ3v) is 4.83. The molecule has 1 aromatic rings. The van der Waals surface area contributed by atoms with E-state index in [1.165, 1.54) is 31.5 Å². The van der Waals surface area contributed by atoms with Crippen molar-refractivity contribution >= 4 is 17.3 Å². The number of carbonyl (C=O) groups is 2. The molecule has 1 fully saturated rings. The quantitative estimate of drug-likeness (QED) is 0.697. The number of benzene rings is 1. The van der Waals surface area contributed by atoms with Crippen molar-refractivity contribution < 1.29 is 9.59 Å². The molecule has 0 radical (unpaired) electrons. The monoisotopic (exact) mass is 330 g/mol. The van der Waals surface area contributed by atoms with Crippen LogP contribution in [0, 0.1) is 5.92 Å². The molecule has 4 nitrogen and oxygen atoms in total. The van der Waals surface area contributed by atoms with Gasteiger partial charge in [0.15, 0.2) is 0 Å². The maximum absolute atomic E-state index is 11.8. The first-order chi connectivity index (χ1) is 11.5. The Balaban J connectivity index is 2.07. The first kappa shape index (κ1) is 18.7. The van der Waals surface area contributed by atoms with E-state index >= 15 is 0 Å². The molecule has 0 amide bonds. The third-order valence-electron chi connectivity index (χ3n) is 4.83. The van der Waals surface area contributed by atoms with Crippen LogP contribution in [-0.2, 0) is 16.1 Å². The number of anilines is 1. The molecule has 1 saturated heterocycles. The topological polar surface area (TPSA) is 40.6 Å². The summed E-state index contributed by atoms with van der Waals surface area (Å²) in [6, 6.07) is 8.47. The fourth-order valence-electron chi connectivity index (χ4n) is 3.35. The minimum Gasteiger partial charge on any atom is -0.363 e. The van der Waals surface area contributed by atoms with Gasteiger partial charge in [0.1, 0.15) is 11.6 Å². The highest BCUT2D eigenvalue weighted by atomic mass is 16.1. The van der Waals surface area contributed by atoms with Crippen molar-refractivity contribution in [3.63, 3.8) is 0 Å². The summed E-state index contributed by atoms with van der Waals surface area (Å²) in [4.78, 5) is 27.9. The Morgan fingerprint density at radius 3 is 2.25 bits per heavy atom. The molecule has 1 aliphatic heterocycles. The Morgan fingerprint density at radius 1 is 1.12 bits per heavy atom. The summed E-state index contributed by atoms with van der Waals surface area (Å²) in [6.07, 6.45) is 3.40. The van der Waals surface area contributed by atoms with Gasteiger partial charge >= 0.3 is 0 Å². The zero-order chi connectivity index (χ0) is 17.5. The number of hydrogen-bond acceptors (Lipinski definition) is 4. The number of ketones is 2. The smallest absolute Gasteiger partial charge is 0.149 e. The zero-order valence-corrected chi connectivity index (χ0v) is 15.3. The van der Waals surface area contributed by atoms with Crippen LogP contribution in [0.15, 0.2) is 24.3 Å². The van der Waals surface area contributed by atoms with Crippen molar-refractivity contribution in [3.8, 4) is 0 Å². The van der Waals surface area contributed by atoms with Gasteiger partial charge in [0.2, 0.25) is 0 Å². The van der Waals surface area contributed by atoms with Crippen LogP contribution in [0.2, 0.25) is 0 Å². The van der Waals surface area contributed by atoms with Crippen LogP contribution in [0.4, 0.5) is 5.69 Å². The van der Waals surface area contributed by atoms with Crippen LogP contribution in [0.25, 0.3) is 0 Å². The average Bonchev–Trinajstić information content (AvgIpc) is 3.04. The highest BCUT2D eigenvalue weighted by Gasteiger charge is 2.18. The maximum atomic E-state index is 11.8. The first-order valence-corrected chi connectivity index (χ1v) is 9.05. The maximum Gasteiger partial charge on any atom is 0.149 e. The summed E-state index contributed by atoms with van der Waals surface area (Å²) in [5.74, 6) is 0.292. The number of hydrogen-bond donors (Lipinski definition) is 0. The van der Waals surface area contributed by atoms with E-state index in [1.54, 1.807) is 13.8 Å². The zero-order valence-electron chi connectivity index (χ0n) is 15.3. The van der Waals surface area contributed by atoms with Crippen LogP contribution in [0.5, 0.6) is 0 Å². The molecule has 24 heavy (non-hydrogen) atoms. The molecular weight excluding hydrogens is 300 g/mol. The summed E-state index contributed by atoms with van der Waals surface area (Å²) < 4.78 is 0. The molecule has 132 valence electrons. The second kappa shape index (κ2) is 8.97. The molecule has 1 heterocycles. The Bertz CT molecular complexity index is 547. The van der Waals surface area contributed by atoms with Gasteiger partial charge < -0.3 is 4.90 Å². The number of carbonyl (C=O) groups excluding carboxylic acids is 2. The molecular formula is C20H30N2O2. The highest BCUT2D eigenvalue weighted by molar-refractivity contribution is 5.82. The van der Waals surface area contributed by atoms with Gasteiger partial charge in [-0.15, -0.1) is 0 Å². The number of likely N-dealkylation sites (tertiary alicyclic amines) is 1. The van der Waals surface area contributed by atoms with Crippen molar-refractivity contribution in [1.82, 2.24) is 4.90 Å². The van der Waals surface area contributed by atoms with E-state index in [1.807, 2.05) is 11.8 Å². The van der Waals surface area contributed by atoms with Gasteiger partial charge in [-0.2, -0.15) is 0 Å². The summed E-state index contributed by atoms with van der Waals surface area (Å²) in [5.41, 5.74) is 2.33. The molecule has 2 rings (SSSR count). The normalized spacial score (nSPS) is 16.1. The summed E-state index contributed by atoms with van der Waals surface area (Å²) >= 11 is 0. The molecule has 0 aromatic heterocycles. The van der Waals surface area contributed by atoms with E-state index < -0.39 is 0 Å². The molecule has 1 aromatic carbocycles. The van der Waals surface area contributed by atoms with Crippen molar-refractivity contribution in [1.29, 1.82) is 0 Å². The second-order valence-corrected chi connectivity index (χ2v) is 6.95. The molecule has 1 aliphatic rings. The number of Topliss-reactive ketones (excluding diaryl/α,β-unsaturated/α-hetero) is 2. The van der Waals surface area contributed by atoms with E-state index in [0.29, 0.717) is 13.1 Å². The minimum atomic E-state index is -0.0198. The van der Waals surface area contributed by atoms with Crippen LogP contribution in [0.3, 0.4) is 0 Å². The summed E-state index contributed by atoms with van der Waals surface area (Å²) in [6.45, 7) is 9.61. The largest absolute Gasteiger partial charge is 0.363 e. The van der Waals surface area contributed by atoms with E-state index in [2.05, 4.69) is 29.2 Å². The Hall–Kier alpha value is -1.68. The molecule has 0 aliphatic carbocycles. The number of nitrogens with zero attached hydrogens (tertiary/aromatic N) is 2. The molecule has 4 heteroatoms. The predicted molar refractivity (Wildman–Crippen MR) is 98.3 cm³/mol. The summed E-state index contributed by atoms with van der Waals surface area (Å²) in [7, 11) is 0. The highest BCUT2D eigenvalue weighted by Crippen LogP contribution is 2.20. The molecule has 0 N–H and O–H groups in total. The van der Waals surface area contributed by atoms with Gasteiger partial charge in [0.25, 0.3) is 0 Å². The lowest BCUT2D eigenvalue weighted by Gasteiger charge is -2.27. The Kier molecular flexibility index (Phi) is 6.98. The van der Waals surface area contributed by atoms with Crippen molar-refractivity contribution in [3.05, 3.63) is 29.8 Å². The van der Waals surface area contributed by atoms with Crippen LogP contribution < -0.4 is 4.90 Å². The van der Waals surface area contributed by atoms with Gasteiger partial charge in [-0.3, -0.25) is 14.5 Å². The summed E-state index contributed by atoms with van der Waals surface area (Å²) in [5, 5.41) is 0. The van der Waals surface area contributed by atoms with E-state index in [4.69, 9.17) is 0 Å². The lowest BCUT2D eigenvalue weighted by atomic mass is 10.0. The van der Waals surface area contributed by atoms with Gasteiger partial charge in [-0.25, -0.2) is 0 Å². The lowest BCUT2D eigenvalue weighted by Crippen LogP contribution is -2.35. The Labute approximate surface area is 145 Å². The van der Waals surface area contributed by atoms with Crippen LogP contribution in [-0.4, -0.2) is 42.6 Å². The van der Waals surface area contributed by atoms with Gasteiger partial charge in [0, 0.05) is 24.7 Å². The van der Waals surface area contributed by atoms with E-state index in [0.717, 1.165) is 18.7 Å². The molecule has 0 saturated carbocycles. The minimum absolute atomic E-state index is 0.0198. The predicted octanol–water partition coefficient (Wildman–Crippen LogP) is 3.29. The molecule has 0 spiro atoms. The average molecular weight is 330 g/mol. The second-order valence-electron chi connectivity index (χ2n) is 6.95. The fourth-order valence-corrected chi connectivity index (χ4v) is 3.35. The molecule has 0 bridgehead atoms. The Morgan fingerprint density at radius 2 is 1.75 bits per heavy atom. The molecule has 1 atom stereocenters. The fraction of sp³-hybridized carbons (Fsp3) is 0.600. The standard InChI is InChI=1S/C20H30N2O2/c1-4-19(17(3)24)15-22(13-16(2)23)20-9-7-18(8-10-20)14-21-11-5-6-12-21/h7-10,19H,4-6,11-15H2,1-3H3. The molecule has 1 unspecified atom stereocenters. The van der Waals surface area contributed by atoms with Crippen LogP contribution in [0.1, 0.15) is 45.6 Å². The van der Waals surface area contributed by atoms with Crippen molar-refractivity contribution in [2.24, 2.45) is 5.92 Å². The van der Waals surface area contributed by atoms with Crippen molar-refractivity contribution in [2.45, 2.75) is 46.6 Å². The lowest BCUT2D eigenvalue weighted by molar-refractivity contribution is -0.121. The van der Waals surface area contributed by atoms with E-state index in [-0.39, 0.29) is 17.5 Å². The third kappa shape index (κ3) is 5.45. The van der Waals surface area contributed by atoms with Gasteiger partial charge in [-0.05, 0) is 63.9 Å².